The number of anilines is 1. The van der Waals surface area contributed by atoms with Crippen molar-refractivity contribution in [2.75, 3.05) is 12.4 Å². The van der Waals surface area contributed by atoms with Crippen molar-refractivity contribution in [3.8, 4) is 17.0 Å². The number of fused-ring (bicyclic) bond motifs is 3. The van der Waals surface area contributed by atoms with Gasteiger partial charge in [-0.05, 0) is 30.5 Å². The third-order valence-electron chi connectivity index (χ3n) is 4.45. The molecule has 7 nitrogen and oxygen atoms in total. The van der Waals surface area contributed by atoms with E-state index in [1.165, 1.54) is 42.2 Å². The number of nitrogens with one attached hydrogen (secondary N) is 1. The molecule has 1 heterocycles. The van der Waals surface area contributed by atoms with E-state index in [4.69, 9.17) is 4.74 Å². The first kappa shape index (κ1) is 17.2. The largest absolute Gasteiger partial charge is 0.490 e. The second-order valence-electron chi connectivity index (χ2n) is 6.05. The maximum atomic E-state index is 12.5. The van der Waals surface area contributed by atoms with Gasteiger partial charge in [0.05, 0.1) is 17.7 Å². The molecule has 1 amide bonds. The minimum absolute atomic E-state index is 0.109. The van der Waals surface area contributed by atoms with Gasteiger partial charge < -0.3 is 4.74 Å². The van der Waals surface area contributed by atoms with Gasteiger partial charge in [-0.2, -0.15) is 0 Å². The molecule has 0 bridgehead atoms. The van der Waals surface area contributed by atoms with Crippen LogP contribution >= 0.6 is 11.3 Å². The Labute approximate surface area is 158 Å². The van der Waals surface area contributed by atoms with Gasteiger partial charge in [0.1, 0.15) is 0 Å². The quantitative estimate of drug-likeness (QED) is 0.543. The van der Waals surface area contributed by atoms with Crippen molar-refractivity contribution in [2.24, 2.45) is 0 Å². The number of rotatable bonds is 4. The number of aromatic nitrogens is 1. The molecule has 0 atom stereocenters. The minimum atomic E-state index is -0.575. The Kier molecular flexibility index (Phi) is 4.33. The smallest absolute Gasteiger partial charge is 0.311 e. The van der Waals surface area contributed by atoms with Crippen LogP contribution in [0, 0.1) is 10.1 Å². The zero-order valence-corrected chi connectivity index (χ0v) is 15.2. The number of hydrogen-bond donors (Lipinski definition) is 1. The molecule has 0 spiro atoms. The lowest BCUT2D eigenvalue weighted by molar-refractivity contribution is -0.385. The third kappa shape index (κ3) is 3.15. The molecule has 4 rings (SSSR count). The van der Waals surface area contributed by atoms with Gasteiger partial charge >= 0.3 is 5.69 Å². The van der Waals surface area contributed by atoms with Crippen molar-refractivity contribution in [3.05, 3.63) is 68.6 Å². The van der Waals surface area contributed by atoms with E-state index in [-0.39, 0.29) is 17.0 Å². The number of aryl methyl sites for hydroxylation is 2. The molecule has 2 aromatic carbocycles. The monoisotopic (exact) mass is 381 g/mol. The van der Waals surface area contributed by atoms with Crippen molar-refractivity contribution in [2.45, 2.75) is 12.8 Å². The topological polar surface area (TPSA) is 94.4 Å². The molecule has 0 fully saturated rings. The van der Waals surface area contributed by atoms with E-state index in [0.717, 1.165) is 29.0 Å². The summed E-state index contributed by atoms with van der Waals surface area (Å²) in [7, 11) is 1.35. The number of thiazole rings is 1. The maximum Gasteiger partial charge on any atom is 0.311 e. The van der Waals surface area contributed by atoms with Crippen LogP contribution in [0.4, 0.5) is 10.8 Å². The second kappa shape index (κ2) is 6.81. The highest BCUT2D eigenvalue weighted by Crippen LogP contribution is 2.38. The molecule has 0 radical (unpaired) electrons. The van der Waals surface area contributed by atoms with Gasteiger partial charge in [-0.1, -0.05) is 24.3 Å². The Morgan fingerprint density at radius 2 is 2.07 bits per heavy atom. The SMILES string of the molecule is COc1ccc(C(=O)Nc2nc3c(s2)CCc2ccccc2-3)cc1[N+](=O)[O-]. The minimum Gasteiger partial charge on any atom is -0.490 e. The van der Waals surface area contributed by atoms with Crippen LogP contribution in [0.2, 0.25) is 0 Å². The van der Waals surface area contributed by atoms with Crippen LogP contribution in [0.25, 0.3) is 11.3 Å². The molecule has 1 N–H and O–H groups in total. The van der Waals surface area contributed by atoms with Crippen molar-refractivity contribution >= 4 is 28.1 Å². The lowest BCUT2D eigenvalue weighted by Crippen LogP contribution is -2.12. The van der Waals surface area contributed by atoms with Gasteiger partial charge in [0.15, 0.2) is 10.9 Å². The predicted octanol–water partition coefficient (Wildman–Crippen LogP) is 4.08. The van der Waals surface area contributed by atoms with Gasteiger partial charge in [-0.25, -0.2) is 4.98 Å². The first-order valence-corrected chi connectivity index (χ1v) is 9.10. The summed E-state index contributed by atoms with van der Waals surface area (Å²) in [5.74, 6) is -0.335. The van der Waals surface area contributed by atoms with Crippen molar-refractivity contribution in [3.63, 3.8) is 0 Å². The number of nitrogens with zero attached hydrogens (tertiary/aromatic N) is 2. The first-order chi connectivity index (χ1) is 13.1. The van der Waals surface area contributed by atoms with Crippen LogP contribution in [0.3, 0.4) is 0 Å². The number of carbonyl (C=O) groups excluding carboxylic acids is 1. The lowest BCUT2D eigenvalue weighted by atomic mass is 9.94. The van der Waals surface area contributed by atoms with Crippen LogP contribution in [0.15, 0.2) is 42.5 Å². The Hall–Kier alpha value is -3.26. The summed E-state index contributed by atoms with van der Waals surface area (Å²) in [6, 6.07) is 12.2. The predicted molar refractivity (Wildman–Crippen MR) is 103 cm³/mol. The summed E-state index contributed by atoms with van der Waals surface area (Å²) in [6.07, 6.45) is 1.83. The standard InChI is InChI=1S/C19H15N3O4S/c1-26-15-8-6-12(10-14(15)22(24)25)18(23)21-19-20-17-13-5-3-2-4-11(13)7-9-16(17)27-19/h2-6,8,10H,7,9H2,1H3,(H,20,21,23). The molecule has 0 saturated heterocycles. The van der Waals surface area contributed by atoms with Gasteiger partial charge in [0.2, 0.25) is 0 Å². The number of nitro groups is 1. The fourth-order valence-electron chi connectivity index (χ4n) is 3.15. The van der Waals surface area contributed by atoms with E-state index in [9.17, 15) is 14.9 Å². The zero-order chi connectivity index (χ0) is 19.0. The number of amides is 1. The van der Waals surface area contributed by atoms with Crippen molar-refractivity contribution < 1.29 is 14.5 Å². The van der Waals surface area contributed by atoms with Crippen molar-refractivity contribution in [1.82, 2.24) is 4.98 Å². The van der Waals surface area contributed by atoms with Crippen LogP contribution in [-0.4, -0.2) is 22.9 Å². The number of benzene rings is 2. The molecule has 0 saturated carbocycles. The molecular weight excluding hydrogens is 366 g/mol. The summed E-state index contributed by atoms with van der Waals surface area (Å²) >= 11 is 1.44. The van der Waals surface area contributed by atoms with Crippen LogP contribution in [0.1, 0.15) is 20.8 Å². The molecule has 1 aliphatic rings. The highest BCUT2D eigenvalue weighted by atomic mass is 32.1. The molecule has 27 heavy (non-hydrogen) atoms. The molecule has 0 unspecified atom stereocenters. The summed E-state index contributed by atoms with van der Waals surface area (Å²) in [5.41, 5.74) is 3.17. The summed E-state index contributed by atoms with van der Waals surface area (Å²) in [5, 5.41) is 14.4. The average molecular weight is 381 g/mol. The van der Waals surface area contributed by atoms with Crippen molar-refractivity contribution in [1.29, 1.82) is 0 Å². The average Bonchev–Trinajstić information content (AvgIpc) is 3.10. The van der Waals surface area contributed by atoms with E-state index in [0.29, 0.717) is 5.13 Å². The summed E-state index contributed by atoms with van der Waals surface area (Å²) in [6.45, 7) is 0. The molecule has 136 valence electrons. The number of ether oxygens (including phenoxy) is 1. The number of hydrogen-bond acceptors (Lipinski definition) is 6. The normalized spacial score (nSPS) is 12.0. The fraction of sp³-hybridized carbons (Fsp3) is 0.158. The lowest BCUT2D eigenvalue weighted by Gasteiger charge is -2.13. The Morgan fingerprint density at radius 1 is 1.26 bits per heavy atom. The second-order valence-corrected chi connectivity index (χ2v) is 7.13. The highest BCUT2D eigenvalue weighted by Gasteiger charge is 2.22. The van der Waals surface area contributed by atoms with Gasteiger partial charge in [0, 0.05) is 22.1 Å². The maximum absolute atomic E-state index is 12.5. The molecule has 3 aromatic rings. The van der Waals surface area contributed by atoms with Gasteiger partial charge in [-0.15, -0.1) is 11.3 Å². The highest BCUT2D eigenvalue weighted by molar-refractivity contribution is 7.16. The van der Waals surface area contributed by atoms with Gasteiger partial charge in [0.25, 0.3) is 5.91 Å². The number of nitro benzene ring substituents is 1. The Bertz CT molecular complexity index is 1060. The van der Waals surface area contributed by atoms with Crippen LogP contribution in [-0.2, 0) is 12.8 Å². The van der Waals surface area contributed by atoms with E-state index in [1.807, 2.05) is 18.2 Å². The first-order valence-electron chi connectivity index (χ1n) is 8.28. The van der Waals surface area contributed by atoms with E-state index in [2.05, 4.69) is 16.4 Å². The Balaban J connectivity index is 1.61. The summed E-state index contributed by atoms with van der Waals surface area (Å²) in [4.78, 5) is 28.8. The Morgan fingerprint density at radius 3 is 2.85 bits per heavy atom. The zero-order valence-electron chi connectivity index (χ0n) is 14.4. The van der Waals surface area contributed by atoms with E-state index in [1.54, 1.807) is 0 Å². The number of carbonyl (C=O) groups is 1. The number of methoxy groups -OCH3 is 1. The molecule has 8 heteroatoms. The van der Waals surface area contributed by atoms with Crippen LogP contribution in [0.5, 0.6) is 5.75 Å². The fourth-order valence-corrected chi connectivity index (χ4v) is 4.12. The molecule has 0 aliphatic heterocycles. The van der Waals surface area contributed by atoms with E-state index >= 15 is 0 Å². The molecule has 1 aliphatic carbocycles. The molecular formula is C19H15N3O4S. The summed E-state index contributed by atoms with van der Waals surface area (Å²) < 4.78 is 4.96. The van der Waals surface area contributed by atoms with Crippen LogP contribution < -0.4 is 10.1 Å². The van der Waals surface area contributed by atoms with Gasteiger partial charge in [-0.3, -0.25) is 20.2 Å². The third-order valence-corrected chi connectivity index (χ3v) is 5.48. The molecule has 1 aromatic heterocycles. The van der Waals surface area contributed by atoms with E-state index < -0.39 is 10.8 Å².